The first kappa shape index (κ1) is 16.5. The standard InChI is InChI=1S/C20H22FNO2/c1-20(2,3)24-19(23)22-13-12-14-6-4-5-7-17(14)18(22)15-8-10-16(21)11-9-15/h4-11,18H,12-13H2,1-3H3/t18-/m0/s1. The summed E-state index contributed by atoms with van der Waals surface area (Å²) in [6.07, 6.45) is 0.443. The molecule has 0 fully saturated rings. The van der Waals surface area contributed by atoms with Gasteiger partial charge in [-0.2, -0.15) is 0 Å². The molecule has 3 rings (SSSR count). The SMILES string of the molecule is CC(C)(C)OC(=O)N1CCc2ccccc2[C@@H]1c1ccc(F)cc1. The molecule has 126 valence electrons. The zero-order chi connectivity index (χ0) is 17.3. The van der Waals surface area contributed by atoms with Crippen molar-refractivity contribution in [2.75, 3.05) is 6.54 Å². The molecule has 4 heteroatoms. The predicted molar refractivity (Wildman–Crippen MR) is 91.3 cm³/mol. The summed E-state index contributed by atoms with van der Waals surface area (Å²) in [5, 5.41) is 0. The third kappa shape index (κ3) is 3.42. The van der Waals surface area contributed by atoms with E-state index in [2.05, 4.69) is 6.07 Å². The van der Waals surface area contributed by atoms with Crippen molar-refractivity contribution in [3.05, 3.63) is 71.0 Å². The molecule has 0 N–H and O–H groups in total. The molecule has 1 aliphatic rings. The Labute approximate surface area is 142 Å². The number of benzene rings is 2. The molecule has 0 aromatic heterocycles. The molecule has 0 aliphatic carbocycles. The number of amides is 1. The van der Waals surface area contributed by atoms with Gasteiger partial charge in [0, 0.05) is 6.54 Å². The van der Waals surface area contributed by atoms with E-state index in [9.17, 15) is 9.18 Å². The highest BCUT2D eigenvalue weighted by Gasteiger charge is 2.34. The fourth-order valence-corrected chi connectivity index (χ4v) is 3.09. The fourth-order valence-electron chi connectivity index (χ4n) is 3.09. The first-order chi connectivity index (χ1) is 11.3. The molecule has 1 atom stereocenters. The summed E-state index contributed by atoms with van der Waals surface area (Å²) in [7, 11) is 0. The molecule has 2 aromatic carbocycles. The van der Waals surface area contributed by atoms with Gasteiger partial charge in [0.1, 0.15) is 11.4 Å². The minimum Gasteiger partial charge on any atom is -0.444 e. The van der Waals surface area contributed by atoms with Crippen LogP contribution in [0.4, 0.5) is 9.18 Å². The highest BCUT2D eigenvalue weighted by Crippen LogP contribution is 2.36. The average Bonchev–Trinajstić information content (AvgIpc) is 2.53. The molecule has 0 radical (unpaired) electrons. The molecule has 1 heterocycles. The number of rotatable bonds is 1. The lowest BCUT2D eigenvalue weighted by atomic mass is 9.88. The van der Waals surface area contributed by atoms with E-state index < -0.39 is 5.60 Å². The molecule has 0 saturated carbocycles. The molecular weight excluding hydrogens is 305 g/mol. The summed E-state index contributed by atoms with van der Waals surface area (Å²) in [5.74, 6) is -0.285. The van der Waals surface area contributed by atoms with Crippen molar-refractivity contribution < 1.29 is 13.9 Å². The van der Waals surface area contributed by atoms with E-state index >= 15 is 0 Å². The summed E-state index contributed by atoms with van der Waals surface area (Å²) >= 11 is 0. The van der Waals surface area contributed by atoms with Crippen LogP contribution in [0.1, 0.15) is 43.5 Å². The van der Waals surface area contributed by atoms with Gasteiger partial charge in [0.05, 0.1) is 6.04 Å². The molecule has 1 aliphatic heterocycles. The monoisotopic (exact) mass is 327 g/mol. The smallest absolute Gasteiger partial charge is 0.411 e. The number of carbonyl (C=O) groups is 1. The molecule has 0 spiro atoms. The van der Waals surface area contributed by atoms with Gasteiger partial charge in [-0.15, -0.1) is 0 Å². The van der Waals surface area contributed by atoms with Gasteiger partial charge >= 0.3 is 6.09 Å². The van der Waals surface area contributed by atoms with Crippen molar-refractivity contribution in [3.63, 3.8) is 0 Å². The van der Waals surface area contributed by atoms with E-state index in [1.54, 1.807) is 17.0 Å². The second-order valence-electron chi connectivity index (χ2n) is 7.08. The van der Waals surface area contributed by atoms with E-state index in [4.69, 9.17) is 4.74 Å². The molecule has 1 amide bonds. The maximum atomic E-state index is 13.3. The summed E-state index contributed by atoms with van der Waals surface area (Å²) < 4.78 is 18.9. The van der Waals surface area contributed by atoms with Crippen LogP contribution in [0.5, 0.6) is 0 Å². The number of hydrogen-bond donors (Lipinski definition) is 0. The van der Waals surface area contributed by atoms with Crippen molar-refractivity contribution >= 4 is 6.09 Å². The third-order valence-electron chi connectivity index (χ3n) is 4.10. The third-order valence-corrected chi connectivity index (χ3v) is 4.10. The Morgan fingerprint density at radius 1 is 1.12 bits per heavy atom. The predicted octanol–water partition coefficient (Wildman–Crippen LogP) is 4.71. The van der Waals surface area contributed by atoms with Gasteiger partial charge in [-0.05, 0) is 56.0 Å². The average molecular weight is 327 g/mol. The summed E-state index contributed by atoms with van der Waals surface area (Å²) in [4.78, 5) is 14.4. The van der Waals surface area contributed by atoms with Crippen molar-refractivity contribution in [2.45, 2.75) is 38.8 Å². The van der Waals surface area contributed by atoms with Gasteiger partial charge in [0.15, 0.2) is 0 Å². The zero-order valence-electron chi connectivity index (χ0n) is 14.3. The molecule has 0 bridgehead atoms. The second kappa shape index (κ2) is 6.27. The highest BCUT2D eigenvalue weighted by molar-refractivity contribution is 5.70. The van der Waals surface area contributed by atoms with Crippen molar-refractivity contribution in [3.8, 4) is 0 Å². The van der Waals surface area contributed by atoms with E-state index in [0.29, 0.717) is 6.54 Å². The van der Waals surface area contributed by atoms with Crippen LogP contribution in [0.2, 0.25) is 0 Å². The molecule has 24 heavy (non-hydrogen) atoms. The van der Waals surface area contributed by atoms with Gasteiger partial charge < -0.3 is 4.74 Å². The van der Waals surface area contributed by atoms with Gasteiger partial charge in [-0.25, -0.2) is 9.18 Å². The van der Waals surface area contributed by atoms with Crippen LogP contribution in [0.15, 0.2) is 48.5 Å². The van der Waals surface area contributed by atoms with Crippen LogP contribution in [0.25, 0.3) is 0 Å². The Hall–Kier alpha value is -2.36. The number of ether oxygens (including phenoxy) is 1. The van der Waals surface area contributed by atoms with Crippen LogP contribution in [-0.2, 0) is 11.2 Å². The lowest BCUT2D eigenvalue weighted by Crippen LogP contribution is -2.43. The second-order valence-corrected chi connectivity index (χ2v) is 7.08. The number of fused-ring (bicyclic) bond motifs is 1. The summed E-state index contributed by atoms with van der Waals surface area (Å²) in [6, 6.07) is 14.2. The molecule has 0 unspecified atom stereocenters. The van der Waals surface area contributed by atoms with Crippen LogP contribution in [0, 0.1) is 5.82 Å². The Kier molecular flexibility index (Phi) is 4.31. The first-order valence-corrected chi connectivity index (χ1v) is 8.18. The van der Waals surface area contributed by atoms with Crippen LogP contribution < -0.4 is 0 Å². The van der Waals surface area contributed by atoms with Crippen LogP contribution >= 0.6 is 0 Å². The van der Waals surface area contributed by atoms with E-state index in [1.807, 2.05) is 39.0 Å². The zero-order valence-corrected chi connectivity index (χ0v) is 14.3. The maximum absolute atomic E-state index is 13.3. The van der Waals surface area contributed by atoms with Gasteiger partial charge in [-0.1, -0.05) is 36.4 Å². The lowest BCUT2D eigenvalue weighted by Gasteiger charge is -2.38. The fraction of sp³-hybridized carbons (Fsp3) is 0.350. The van der Waals surface area contributed by atoms with E-state index in [1.165, 1.54) is 17.7 Å². The minimum atomic E-state index is -0.554. The Morgan fingerprint density at radius 2 is 1.79 bits per heavy atom. The summed E-state index contributed by atoms with van der Waals surface area (Å²) in [5.41, 5.74) is 2.61. The van der Waals surface area contributed by atoms with Gasteiger partial charge in [0.25, 0.3) is 0 Å². The number of halogens is 1. The lowest BCUT2D eigenvalue weighted by molar-refractivity contribution is 0.0178. The number of nitrogens with zero attached hydrogens (tertiary/aromatic N) is 1. The normalized spacial score (nSPS) is 17.3. The van der Waals surface area contributed by atoms with E-state index in [0.717, 1.165) is 17.5 Å². The van der Waals surface area contributed by atoms with Gasteiger partial charge in [0.2, 0.25) is 0 Å². The van der Waals surface area contributed by atoms with Crippen LogP contribution in [0.3, 0.4) is 0 Å². The molecular formula is C20H22FNO2. The van der Waals surface area contributed by atoms with Gasteiger partial charge in [-0.3, -0.25) is 4.90 Å². The van der Waals surface area contributed by atoms with Crippen LogP contribution in [-0.4, -0.2) is 23.1 Å². The minimum absolute atomic E-state index is 0.259. The first-order valence-electron chi connectivity index (χ1n) is 8.18. The Balaban J connectivity index is 2.02. The number of carbonyl (C=O) groups excluding carboxylic acids is 1. The Morgan fingerprint density at radius 3 is 2.46 bits per heavy atom. The van der Waals surface area contributed by atoms with Crippen molar-refractivity contribution in [1.82, 2.24) is 4.90 Å². The summed E-state index contributed by atoms with van der Waals surface area (Å²) in [6.45, 7) is 6.15. The molecule has 2 aromatic rings. The molecule has 0 saturated heterocycles. The quantitative estimate of drug-likeness (QED) is 0.759. The number of hydrogen-bond acceptors (Lipinski definition) is 2. The highest BCUT2D eigenvalue weighted by atomic mass is 19.1. The van der Waals surface area contributed by atoms with E-state index in [-0.39, 0.29) is 18.0 Å². The largest absolute Gasteiger partial charge is 0.444 e. The van der Waals surface area contributed by atoms with Crippen molar-refractivity contribution in [1.29, 1.82) is 0 Å². The van der Waals surface area contributed by atoms with Crippen molar-refractivity contribution in [2.24, 2.45) is 0 Å². The topological polar surface area (TPSA) is 29.5 Å². The Bertz CT molecular complexity index is 734. The maximum Gasteiger partial charge on any atom is 0.411 e. The molecule has 3 nitrogen and oxygen atoms in total.